The van der Waals surface area contributed by atoms with E-state index in [2.05, 4.69) is 0 Å². The molecule has 0 saturated heterocycles. The quantitative estimate of drug-likeness (QED) is 0.541. The highest BCUT2D eigenvalue weighted by Gasteiger charge is 2.38. The summed E-state index contributed by atoms with van der Waals surface area (Å²) in [6.45, 7) is 1.00. The van der Waals surface area contributed by atoms with Crippen molar-refractivity contribution in [2.75, 3.05) is 4.43 Å². The summed E-state index contributed by atoms with van der Waals surface area (Å²) < 4.78 is 42.6. The summed E-state index contributed by atoms with van der Waals surface area (Å²) in [6.07, 6.45) is -6.74. The van der Waals surface area contributed by atoms with Crippen LogP contribution in [0.3, 0.4) is 0 Å². The first kappa shape index (κ1) is 15.0. The van der Waals surface area contributed by atoms with Gasteiger partial charge in [-0.25, -0.2) is 0 Å². The minimum Gasteiger partial charge on any atom is -0.360 e. The van der Waals surface area contributed by atoms with Crippen LogP contribution in [0.1, 0.15) is 18.6 Å². The van der Waals surface area contributed by atoms with E-state index in [0.29, 0.717) is 15.0 Å². The van der Waals surface area contributed by atoms with E-state index in [-0.39, 0.29) is 0 Å². The molecule has 0 N–H and O–H groups in total. The molecular weight excluding hydrogens is 367 g/mol. The van der Waals surface area contributed by atoms with Crippen molar-refractivity contribution in [3.05, 3.63) is 34.9 Å². The molecule has 17 heavy (non-hydrogen) atoms. The fourth-order valence-electron chi connectivity index (χ4n) is 1.23. The maximum atomic E-state index is 12.4. The van der Waals surface area contributed by atoms with Crippen molar-refractivity contribution < 1.29 is 17.9 Å². The van der Waals surface area contributed by atoms with Crippen LogP contribution in [-0.2, 0) is 4.74 Å². The van der Waals surface area contributed by atoms with Crippen molar-refractivity contribution in [3.8, 4) is 0 Å². The Morgan fingerprint density at radius 3 is 2.53 bits per heavy atom. The minimum atomic E-state index is -4.34. The molecule has 0 amide bonds. The van der Waals surface area contributed by atoms with Crippen LogP contribution in [-0.4, -0.2) is 16.7 Å². The average Bonchev–Trinajstić information content (AvgIpc) is 2.24. The molecule has 0 fully saturated rings. The normalized spacial score (nSPS) is 15.6. The number of hydrogen-bond donors (Lipinski definition) is 0. The lowest BCUT2D eigenvalue weighted by Gasteiger charge is -2.23. The largest absolute Gasteiger partial charge is 0.414 e. The smallest absolute Gasteiger partial charge is 0.360 e. The van der Waals surface area contributed by atoms with Gasteiger partial charge in [0.25, 0.3) is 0 Å². The van der Waals surface area contributed by atoms with Crippen molar-refractivity contribution in [2.24, 2.45) is 0 Å². The van der Waals surface area contributed by atoms with Crippen LogP contribution in [0, 0.1) is 0 Å². The zero-order valence-corrected chi connectivity index (χ0v) is 11.9. The topological polar surface area (TPSA) is 9.23 Å². The third-order valence-corrected chi connectivity index (χ3v) is 3.23. The number of alkyl halides is 4. The van der Waals surface area contributed by atoms with E-state index in [4.69, 9.17) is 16.3 Å². The zero-order valence-electron chi connectivity index (χ0n) is 8.97. The maximum Gasteiger partial charge on any atom is 0.414 e. The van der Waals surface area contributed by atoms with Crippen LogP contribution in [0.15, 0.2) is 24.3 Å². The van der Waals surface area contributed by atoms with E-state index in [1.54, 1.807) is 24.3 Å². The third kappa shape index (κ3) is 4.63. The number of benzene rings is 1. The van der Waals surface area contributed by atoms with Crippen LogP contribution in [0.5, 0.6) is 0 Å². The van der Waals surface area contributed by atoms with Gasteiger partial charge in [-0.3, -0.25) is 0 Å². The Hall–Kier alpha value is -0.0100. The molecule has 2 atom stereocenters. The van der Waals surface area contributed by atoms with Crippen molar-refractivity contribution in [3.63, 3.8) is 0 Å². The molecule has 1 aromatic carbocycles. The van der Waals surface area contributed by atoms with Gasteiger partial charge >= 0.3 is 6.18 Å². The SMILES string of the molecule is CC(OC(CI)c1cccc(Cl)c1)C(F)(F)F. The first-order valence-corrected chi connectivity index (χ1v) is 6.78. The lowest BCUT2D eigenvalue weighted by molar-refractivity contribution is -0.225. The van der Waals surface area contributed by atoms with Gasteiger partial charge in [-0.1, -0.05) is 46.3 Å². The summed E-state index contributed by atoms with van der Waals surface area (Å²) in [5, 5.41) is 0.487. The molecule has 2 unspecified atom stereocenters. The van der Waals surface area contributed by atoms with Gasteiger partial charge in [0.2, 0.25) is 0 Å². The first-order chi connectivity index (χ1) is 7.84. The van der Waals surface area contributed by atoms with Crippen molar-refractivity contribution in [1.82, 2.24) is 0 Å². The second-order valence-corrected chi connectivity index (χ2v) is 4.84. The standard InChI is InChI=1S/C11H11ClF3IO/c1-7(11(13,14)15)17-10(6-16)8-3-2-4-9(12)5-8/h2-5,7,10H,6H2,1H3. The Morgan fingerprint density at radius 1 is 1.41 bits per heavy atom. The Kier molecular flexibility index (Phi) is 5.53. The second kappa shape index (κ2) is 6.24. The molecule has 0 aliphatic rings. The molecule has 0 radical (unpaired) electrons. The van der Waals surface area contributed by atoms with Gasteiger partial charge in [0.05, 0.1) is 6.10 Å². The summed E-state index contributed by atoms with van der Waals surface area (Å²) in [5.74, 6) is 0. The molecule has 0 aromatic heterocycles. The van der Waals surface area contributed by atoms with E-state index >= 15 is 0 Å². The van der Waals surface area contributed by atoms with E-state index in [0.717, 1.165) is 6.92 Å². The molecule has 6 heteroatoms. The van der Waals surface area contributed by atoms with Gasteiger partial charge < -0.3 is 4.74 Å². The fourth-order valence-corrected chi connectivity index (χ4v) is 2.15. The summed E-state index contributed by atoms with van der Waals surface area (Å²) in [6, 6.07) is 6.69. The van der Waals surface area contributed by atoms with E-state index in [1.165, 1.54) is 0 Å². The first-order valence-electron chi connectivity index (χ1n) is 4.88. The molecule has 0 spiro atoms. The average molecular weight is 379 g/mol. The van der Waals surface area contributed by atoms with Gasteiger partial charge in [-0.05, 0) is 24.6 Å². The van der Waals surface area contributed by atoms with Crippen LogP contribution >= 0.6 is 34.2 Å². The van der Waals surface area contributed by atoms with E-state index < -0.39 is 18.4 Å². The molecule has 0 aliphatic carbocycles. The van der Waals surface area contributed by atoms with E-state index in [9.17, 15) is 13.2 Å². The Morgan fingerprint density at radius 2 is 2.06 bits per heavy atom. The highest BCUT2D eigenvalue weighted by atomic mass is 127. The molecule has 0 bridgehead atoms. The van der Waals surface area contributed by atoms with Gasteiger partial charge in [0, 0.05) is 9.45 Å². The predicted molar refractivity (Wildman–Crippen MR) is 69.7 cm³/mol. The van der Waals surface area contributed by atoms with Gasteiger partial charge in [-0.2, -0.15) is 13.2 Å². The molecule has 1 aromatic rings. The lowest BCUT2D eigenvalue weighted by atomic mass is 10.1. The molecule has 96 valence electrons. The second-order valence-electron chi connectivity index (χ2n) is 3.52. The zero-order chi connectivity index (χ0) is 13.1. The minimum absolute atomic E-state index is 0.429. The molecule has 1 nitrogen and oxygen atoms in total. The summed E-state index contributed by atoms with van der Waals surface area (Å²) in [5.41, 5.74) is 0.656. The summed E-state index contributed by atoms with van der Waals surface area (Å²) in [7, 11) is 0. The van der Waals surface area contributed by atoms with Gasteiger partial charge in [0.15, 0.2) is 6.10 Å². The van der Waals surface area contributed by atoms with E-state index in [1.807, 2.05) is 22.6 Å². The van der Waals surface area contributed by atoms with Crippen LogP contribution < -0.4 is 0 Å². The monoisotopic (exact) mass is 378 g/mol. The third-order valence-electron chi connectivity index (χ3n) is 2.19. The Bertz CT molecular complexity index is 370. The summed E-state index contributed by atoms with van der Waals surface area (Å²) in [4.78, 5) is 0. The van der Waals surface area contributed by atoms with Gasteiger partial charge in [0.1, 0.15) is 0 Å². The number of hydrogen-bond acceptors (Lipinski definition) is 1. The number of rotatable bonds is 4. The van der Waals surface area contributed by atoms with Crippen molar-refractivity contribution in [2.45, 2.75) is 25.3 Å². The van der Waals surface area contributed by atoms with Crippen molar-refractivity contribution >= 4 is 34.2 Å². The summed E-state index contributed by atoms with van der Waals surface area (Å²) >= 11 is 7.78. The Labute approximate surface area is 116 Å². The lowest BCUT2D eigenvalue weighted by Crippen LogP contribution is -2.30. The van der Waals surface area contributed by atoms with Crippen molar-refractivity contribution in [1.29, 1.82) is 0 Å². The maximum absolute atomic E-state index is 12.4. The fraction of sp³-hybridized carbons (Fsp3) is 0.455. The van der Waals surface area contributed by atoms with Crippen LogP contribution in [0.2, 0.25) is 5.02 Å². The number of halogens is 5. The van der Waals surface area contributed by atoms with Crippen LogP contribution in [0.25, 0.3) is 0 Å². The predicted octanol–water partition coefficient (Wildman–Crippen LogP) is 4.78. The molecular formula is C11H11ClF3IO. The van der Waals surface area contributed by atoms with Crippen LogP contribution in [0.4, 0.5) is 13.2 Å². The molecule has 1 rings (SSSR count). The Balaban J connectivity index is 2.79. The molecule has 0 heterocycles. The highest BCUT2D eigenvalue weighted by molar-refractivity contribution is 14.1. The molecule has 0 saturated carbocycles. The van der Waals surface area contributed by atoms with Gasteiger partial charge in [-0.15, -0.1) is 0 Å². The molecule has 0 aliphatic heterocycles. The highest BCUT2D eigenvalue weighted by Crippen LogP contribution is 2.30. The number of ether oxygens (including phenoxy) is 1.